The smallest absolute Gasteiger partial charge is 0.226 e. The van der Waals surface area contributed by atoms with Crippen molar-refractivity contribution in [2.24, 2.45) is 4.99 Å². The van der Waals surface area contributed by atoms with Crippen LogP contribution in [0.4, 0.5) is 5.13 Å². The van der Waals surface area contributed by atoms with E-state index in [0.29, 0.717) is 31.4 Å². The minimum atomic E-state index is -3.83. The lowest BCUT2D eigenvalue weighted by Gasteiger charge is -2.29. The number of sulfone groups is 1. The summed E-state index contributed by atoms with van der Waals surface area (Å²) in [6.45, 7) is 6.53. The second kappa shape index (κ2) is 9.08. The Morgan fingerprint density at radius 3 is 2.23 bits per heavy atom. The Kier molecular flexibility index (Phi) is 6.43. The van der Waals surface area contributed by atoms with Gasteiger partial charge >= 0.3 is 0 Å². The number of hydrogen-bond acceptors (Lipinski definition) is 6. The van der Waals surface area contributed by atoms with E-state index >= 15 is 0 Å². The van der Waals surface area contributed by atoms with E-state index in [1.54, 1.807) is 24.3 Å². The maximum Gasteiger partial charge on any atom is 0.226 e. The summed E-state index contributed by atoms with van der Waals surface area (Å²) in [6, 6.07) is 14.7. The van der Waals surface area contributed by atoms with Gasteiger partial charge in [0.25, 0.3) is 0 Å². The van der Waals surface area contributed by atoms with Crippen molar-refractivity contribution < 1.29 is 13.2 Å². The van der Waals surface area contributed by atoms with Gasteiger partial charge in [-0.2, -0.15) is 0 Å². The fourth-order valence-corrected chi connectivity index (χ4v) is 5.97. The molecule has 1 aliphatic rings. The van der Waals surface area contributed by atoms with Gasteiger partial charge in [-0.1, -0.05) is 70.5 Å². The number of aromatic nitrogens is 1. The molecule has 2 heterocycles. The molecule has 2 aromatic carbocycles. The van der Waals surface area contributed by atoms with Gasteiger partial charge in [-0.05, 0) is 26.0 Å². The van der Waals surface area contributed by atoms with Gasteiger partial charge in [0, 0.05) is 18.7 Å². The van der Waals surface area contributed by atoms with Crippen LogP contribution in [0, 0.1) is 13.8 Å². The van der Waals surface area contributed by atoms with E-state index in [2.05, 4.69) is 9.88 Å². The molecule has 0 atom stereocenters. The number of amidine groups is 1. The molecule has 0 bridgehead atoms. The molecular formula is C22H22ClN3O3S2. The standard InChI is InChI=1S/C22H22ClN3O3S2/c1-15-3-7-17(8-4-15)20(26-11-13-29-14-12-26)24-22-25-21(19(23)30-22)31(27,28)18-9-5-16(2)6-10-18/h3-10H,11-14H2,1-2H3. The van der Waals surface area contributed by atoms with Crippen molar-refractivity contribution >= 4 is 43.7 Å². The van der Waals surface area contributed by atoms with Crippen LogP contribution in [0.25, 0.3) is 0 Å². The molecular weight excluding hydrogens is 454 g/mol. The number of halogens is 1. The van der Waals surface area contributed by atoms with Gasteiger partial charge in [-0.3, -0.25) is 0 Å². The highest BCUT2D eigenvalue weighted by Gasteiger charge is 2.26. The number of aliphatic imine (C=N–C) groups is 1. The Morgan fingerprint density at radius 2 is 1.61 bits per heavy atom. The van der Waals surface area contributed by atoms with Gasteiger partial charge in [0.15, 0.2) is 5.03 Å². The third-order valence-electron chi connectivity index (χ3n) is 4.95. The third kappa shape index (κ3) is 4.82. The number of morpholine rings is 1. The minimum absolute atomic E-state index is 0.101. The molecule has 1 fully saturated rings. The summed E-state index contributed by atoms with van der Waals surface area (Å²) in [4.78, 5) is 11.3. The van der Waals surface area contributed by atoms with E-state index in [1.165, 1.54) is 0 Å². The number of hydrogen-bond donors (Lipinski definition) is 0. The molecule has 9 heteroatoms. The van der Waals surface area contributed by atoms with Gasteiger partial charge in [0.05, 0.1) is 18.1 Å². The highest BCUT2D eigenvalue weighted by atomic mass is 35.5. The average Bonchev–Trinajstić information content (AvgIpc) is 3.15. The first-order valence-corrected chi connectivity index (χ1v) is 12.5. The summed E-state index contributed by atoms with van der Waals surface area (Å²) in [6.07, 6.45) is 0. The van der Waals surface area contributed by atoms with E-state index < -0.39 is 9.84 Å². The molecule has 6 nitrogen and oxygen atoms in total. The van der Waals surface area contributed by atoms with E-state index in [0.717, 1.165) is 33.9 Å². The molecule has 1 aliphatic heterocycles. The van der Waals surface area contributed by atoms with E-state index in [4.69, 9.17) is 21.3 Å². The highest BCUT2D eigenvalue weighted by molar-refractivity contribution is 7.91. The van der Waals surface area contributed by atoms with E-state index in [1.807, 2.05) is 38.1 Å². The first kappa shape index (κ1) is 22.0. The van der Waals surface area contributed by atoms with Crippen LogP contribution in [0.2, 0.25) is 4.34 Å². The molecule has 4 rings (SSSR count). The van der Waals surface area contributed by atoms with Crippen LogP contribution >= 0.6 is 22.9 Å². The molecule has 1 aromatic heterocycles. The summed E-state index contributed by atoms with van der Waals surface area (Å²) in [7, 11) is -3.83. The molecule has 162 valence electrons. The zero-order chi connectivity index (χ0) is 22.0. The van der Waals surface area contributed by atoms with Crippen molar-refractivity contribution in [3.05, 3.63) is 69.6 Å². The van der Waals surface area contributed by atoms with E-state index in [-0.39, 0.29) is 14.3 Å². The van der Waals surface area contributed by atoms with Crippen LogP contribution in [0.15, 0.2) is 63.4 Å². The SMILES string of the molecule is Cc1ccc(C(=Nc2nc(S(=O)(=O)c3ccc(C)cc3)c(Cl)s2)N2CCOCC2)cc1. The normalized spacial score (nSPS) is 15.3. The Morgan fingerprint density at radius 1 is 1.03 bits per heavy atom. The highest BCUT2D eigenvalue weighted by Crippen LogP contribution is 2.36. The Bertz CT molecular complexity index is 1200. The van der Waals surface area contributed by atoms with Crippen molar-refractivity contribution in [1.82, 2.24) is 9.88 Å². The molecule has 0 saturated carbocycles. The van der Waals surface area contributed by atoms with Crippen molar-refractivity contribution in [2.75, 3.05) is 26.3 Å². The zero-order valence-electron chi connectivity index (χ0n) is 17.2. The molecule has 0 N–H and O–H groups in total. The van der Waals surface area contributed by atoms with Gasteiger partial charge in [-0.15, -0.1) is 0 Å². The second-order valence-corrected chi connectivity index (χ2v) is 10.7. The number of ether oxygens (including phenoxy) is 1. The van der Waals surface area contributed by atoms with Gasteiger partial charge in [0.2, 0.25) is 15.0 Å². The third-order valence-corrected chi connectivity index (χ3v) is 8.04. The minimum Gasteiger partial charge on any atom is -0.378 e. The van der Waals surface area contributed by atoms with Gasteiger partial charge < -0.3 is 9.64 Å². The monoisotopic (exact) mass is 475 g/mol. The lowest BCUT2D eigenvalue weighted by atomic mass is 10.1. The van der Waals surface area contributed by atoms with Crippen LogP contribution in [-0.2, 0) is 14.6 Å². The fraction of sp³-hybridized carbons (Fsp3) is 0.273. The Hall–Kier alpha value is -2.26. The quantitative estimate of drug-likeness (QED) is 0.405. The van der Waals surface area contributed by atoms with Crippen molar-refractivity contribution in [2.45, 2.75) is 23.8 Å². The maximum absolute atomic E-state index is 13.1. The number of benzene rings is 2. The maximum atomic E-state index is 13.1. The van der Waals surface area contributed by atoms with Crippen LogP contribution in [-0.4, -0.2) is 50.4 Å². The van der Waals surface area contributed by atoms with Crippen molar-refractivity contribution in [3.63, 3.8) is 0 Å². The van der Waals surface area contributed by atoms with Crippen LogP contribution in [0.3, 0.4) is 0 Å². The van der Waals surface area contributed by atoms with E-state index in [9.17, 15) is 8.42 Å². The first-order valence-electron chi connectivity index (χ1n) is 9.81. The molecule has 0 spiro atoms. The largest absolute Gasteiger partial charge is 0.378 e. The fourth-order valence-electron chi connectivity index (χ4n) is 3.21. The molecule has 0 radical (unpaired) electrons. The summed E-state index contributed by atoms with van der Waals surface area (Å²) >= 11 is 7.38. The number of aryl methyl sites for hydroxylation is 2. The Balaban J connectivity index is 1.75. The predicted octanol–water partition coefficient (Wildman–Crippen LogP) is 4.66. The number of thiazole rings is 1. The molecule has 1 saturated heterocycles. The van der Waals surface area contributed by atoms with Gasteiger partial charge in [0.1, 0.15) is 10.2 Å². The summed E-state index contributed by atoms with van der Waals surface area (Å²) in [5.41, 5.74) is 3.05. The molecule has 3 aromatic rings. The topological polar surface area (TPSA) is 71.9 Å². The van der Waals surface area contributed by atoms with Crippen LogP contribution in [0.5, 0.6) is 0 Å². The predicted molar refractivity (Wildman–Crippen MR) is 124 cm³/mol. The number of nitrogens with zero attached hydrogens (tertiary/aromatic N) is 3. The summed E-state index contributed by atoms with van der Waals surface area (Å²) < 4.78 is 31.7. The molecule has 0 aliphatic carbocycles. The molecule has 0 unspecified atom stereocenters. The second-order valence-electron chi connectivity index (χ2n) is 7.29. The lowest BCUT2D eigenvalue weighted by Crippen LogP contribution is -2.41. The molecule has 31 heavy (non-hydrogen) atoms. The van der Waals surface area contributed by atoms with Crippen molar-refractivity contribution in [3.8, 4) is 0 Å². The van der Waals surface area contributed by atoms with Crippen LogP contribution in [0.1, 0.15) is 16.7 Å². The van der Waals surface area contributed by atoms with Crippen LogP contribution < -0.4 is 0 Å². The summed E-state index contributed by atoms with van der Waals surface area (Å²) in [5.74, 6) is 0.730. The summed E-state index contributed by atoms with van der Waals surface area (Å²) in [5, 5.41) is 0.143. The van der Waals surface area contributed by atoms with Gasteiger partial charge in [-0.25, -0.2) is 18.4 Å². The molecule has 0 amide bonds. The average molecular weight is 476 g/mol. The lowest BCUT2D eigenvalue weighted by molar-refractivity contribution is 0.0683. The zero-order valence-corrected chi connectivity index (χ0v) is 19.6. The Labute approximate surface area is 191 Å². The number of rotatable bonds is 4. The van der Waals surface area contributed by atoms with Crippen molar-refractivity contribution in [1.29, 1.82) is 0 Å². The first-order chi connectivity index (χ1) is 14.8.